The van der Waals surface area contributed by atoms with Gasteiger partial charge in [0.2, 0.25) is 0 Å². The minimum absolute atomic E-state index is 0.581. The number of halogens is 1. The Labute approximate surface area is 102 Å². The lowest BCUT2D eigenvalue weighted by Crippen LogP contribution is -1.88. The molecule has 0 saturated carbocycles. The molecule has 0 unspecified atom stereocenters. The minimum atomic E-state index is 0.581. The van der Waals surface area contributed by atoms with Gasteiger partial charge in [0.1, 0.15) is 9.98 Å². The van der Waals surface area contributed by atoms with Crippen LogP contribution in [0.25, 0.3) is 10.2 Å². The second kappa shape index (κ2) is 4.28. The highest BCUT2D eigenvalue weighted by atomic mass is 35.5. The normalized spacial score (nSPS) is 11.2. The van der Waals surface area contributed by atoms with Crippen molar-refractivity contribution >= 4 is 44.9 Å². The van der Waals surface area contributed by atoms with Gasteiger partial charge >= 0.3 is 0 Å². The summed E-state index contributed by atoms with van der Waals surface area (Å²) in [4.78, 5) is 11.0. The van der Waals surface area contributed by atoms with Gasteiger partial charge in [0, 0.05) is 4.88 Å². The zero-order valence-electron chi connectivity index (χ0n) is 8.80. The number of rotatable bonds is 2. The monoisotopic (exact) mass is 258 g/mol. The fourth-order valence-electron chi connectivity index (χ4n) is 1.38. The zero-order valence-corrected chi connectivity index (χ0v) is 11.2. The molecule has 0 atom stereocenters. The first kappa shape index (κ1) is 11.2. The van der Waals surface area contributed by atoms with Gasteiger partial charge in [-0.15, -0.1) is 11.3 Å². The molecule has 0 aliphatic carbocycles. The van der Waals surface area contributed by atoms with Crippen LogP contribution in [0.1, 0.15) is 17.4 Å². The Hall–Kier alpha value is -0.320. The first-order chi connectivity index (χ1) is 7.13. The summed E-state index contributed by atoms with van der Waals surface area (Å²) >= 11 is 9.46. The molecule has 15 heavy (non-hydrogen) atoms. The SMILES string of the molecule is CCSc1nc(Cl)c2c(C)c(C)sc2n1. The van der Waals surface area contributed by atoms with Crippen LogP contribution in [0.4, 0.5) is 0 Å². The maximum Gasteiger partial charge on any atom is 0.190 e. The highest BCUT2D eigenvalue weighted by Crippen LogP contribution is 2.34. The number of thiophene rings is 1. The van der Waals surface area contributed by atoms with Crippen molar-refractivity contribution in [2.75, 3.05) is 5.75 Å². The van der Waals surface area contributed by atoms with Crippen LogP contribution in [0.5, 0.6) is 0 Å². The highest BCUT2D eigenvalue weighted by Gasteiger charge is 2.12. The van der Waals surface area contributed by atoms with Crippen LogP contribution >= 0.6 is 34.7 Å². The van der Waals surface area contributed by atoms with Gasteiger partial charge in [-0.2, -0.15) is 0 Å². The number of fused-ring (bicyclic) bond motifs is 1. The second-order valence-electron chi connectivity index (χ2n) is 3.19. The topological polar surface area (TPSA) is 25.8 Å². The van der Waals surface area contributed by atoms with E-state index in [0.29, 0.717) is 5.15 Å². The first-order valence-corrected chi connectivity index (χ1v) is 6.87. The number of thioether (sulfide) groups is 1. The molecule has 0 N–H and O–H groups in total. The maximum absolute atomic E-state index is 6.16. The van der Waals surface area contributed by atoms with Crippen LogP contribution < -0.4 is 0 Å². The molecule has 0 bridgehead atoms. The predicted octanol–water partition coefficient (Wildman–Crippen LogP) is 4.07. The molecule has 0 radical (unpaired) electrons. The van der Waals surface area contributed by atoms with Crippen molar-refractivity contribution in [2.24, 2.45) is 0 Å². The van der Waals surface area contributed by atoms with Gasteiger partial charge in [0.15, 0.2) is 5.16 Å². The van der Waals surface area contributed by atoms with Crippen molar-refractivity contribution in [1.29, 1.82) is 0 Å². The summed E-state index contributed by atoms with van der Waals surface area (Å²) in [6.07, 6.45) is 0. The summed E-state index contributed by atoms with van der Waals surface area (Å²) in [5, 5.41) is 2.37. The van der Waals surface area contributed by atoms with E-state index in [2.05, 4.69) is 30.7 Å². The van der Waals surface area contributed by atoms with Crippen LogP contribution in [0.3, 0.4) is 0 Å². The quantitative estimate of drug-likeness (QED) is 0.461. The Morgan fingerprint density at radius 1 is 1.33 bits per heavy atom. The van der Waals surface area contributed by atoms with E-state index in [1.54, 1.807) is 23.1 Å². The average Bonchev–Trinajstić information content (AvgIpc) is 2.43. The molecular formula is C10H11ClN2S2. The lowest BCUT2D eigenvalue weighted by Gasteiger charge is -1.99. The Morgan fingerprint density at radius 2 is 2.07 bits per heavy atom. The Bertz CT molecular complexity index is 508. The lowest BCUT2D eigenvalue weighted by molar-refractivity contribution is 1.01. The van der Waals surface area contributed by atoms with Crippen molar-refractivity contribution in [3.8, 4) is 0 Å². The van der Waals surface area contributed by atoms with E-state index in [0.717, 1.165) is 21.1 Å². The molecule has 2 heterocycles. The molecule has 2 aromatic heterocycles. The van der Waals surface area contributed by atoms with Gasteiger partial charge in [-0.3, -0.25) is 0 Å². The summed E-state index contributed by atoms with van der Waals surface area (Å²) in [6.45, 7) is 6.23. The number of nitrogens with zero attached hydrogens (tertiary/aromatic N) is 2. The van der Waals surface area contributed by atoms with Crippen molar-refractivity contribution in [3.63, 3.8) is 0 Å². The van der Waals surface area contributed by atoms with Crippen molar-refractivity contribution < 1.29 is 0 Å². The Kier molecular flexibility index (Phi) is 3.19. The van der Waals surface area contributed by atoms with Crippen molar-refractivity contribution in [3.05, 3.63) is 15.6 Å². The summed E-state index contributed by atoms with van der Waals surface area (Å²) in [6, 6.07) is 0. The summed E-state index contributed by atoms with van der Waals surface area (Å²) in [5.74, 6) is 0.963. The molecule has 0 amide bonds. The number of aryl methyl sites for hydroxylation is 2. The van der Waals surface area contributed by atoms with E-state index in [-0.39, 0.29) is 0 Å². The summed E-state index contributed by atoms with van der Waals surface area (Å²) in [5.41, 5.74) is 1.20. The standard InChI is InChI=1S/C10H11ClN2S2/c1-4-14-10-12-8(11)7-5(2)6(3)15-9(7)13-10/h4H2,1-3H3. The minimum Gasteiger partial charge on any atom is -0.211 e. The van der Waals surface area contributed by atoms with Crippen LogP contribution in [0, 0.1) is 13.8 Å². The molecule has 0 fully saturated rings. The molecule has 2 nitrogen and oxygen atoms in total. The molecule has 0 saturated heterocycles. The van der Waals surface area contributed by atoms with Gasteiger partial charge in [0.05, 0.1) is 5.39 Å². The van der Waals surface area contributed by atoms with Crippen LogP contribution in [-0.4, -0.2) is 15.7 Å². The Morgan fingerprint density at radius 3 is 2.73 bits per heavy atom. The van der Waals surface area contributed by atoms with Crippen molar-refractivity contribution in [1.82, 2.24) is 9.97 Å². The third-order valence-corrected chi connectivity index (χ3v) is 4.34. The van der Waals surface area contributed by atoms with E-state index >= 15 is 0 Å². The molecule has 2 aromatic rings. The molecule has 0 aromatic carbocycles. The van der Waals surface area contributed by atoms with Gasteiger partial charge in [0.25, 0.3) is 0 Å². The molecular weight excluding hydrogens is 248 g/mol. The van der Waals surface area contributed by atoms with Gasteiger partial charge < -0.3 is 0 Å². The summed E-state index contributed by atoms with van der Waals surface area (Å²) < 4.78 is 0. The molecule has 80 valence electrons. The largest absolute Gasteiger partial charge is 0.211 e. The maximum atomic E-state index is 6.16. The third kappa shape index (κ3) is 1.98. The molecule has 5 heteroatoms. The van der Waals surface area contributed by atoms with E-state index in [9.17, 15) is 0 Å². The Balaban J connectivity index is 2.67. The average molecular weight is 259 g/mol. The van der Waals surface area contributed by atoms with Gasteiger partial charge in [-0.05, 0) is 25.2 Å². The predicted molar refractivity (Wildman–Crippen MR) is 68.3 cm³/mol. The molecule has 0 aliphatic rings. The summed E-state index contributed by atoms with van der Waals surface area (Å²) in [7, 11) is 0. The smallest absolute Gasteiger partial charge is 0.190 e. The fourth-order valence-corrected chi connectivity index (χ4v) is 3.45. The molecule has 0 aliphatic heterocycles. The third-order valence-electron chi connectivity index (χ3n) is 2.24. The van der Waals surface area contributed by atoms with Gasteiger partial charge in [-0.1, -0.05) is 30.3 Å². The highest BCUT2D eigenvalue weighted by molar-refractivity contribution is 7.99. The first-order valence-electron chi connectivity index (χ1n) is 4.69. The van der Waals surface area contributed by atoms with Crippen LogP contribution in [0.15, 0.2) is 5.16 Å². The number of hydrogen-bond donors (Lipinski definition) is 0. The number of aromatic nitrogens is 2. The fraction of sp³-hybridized carbons (Fsp3) is 0.400. The van der Waals surface area contributed by atoms with E-state index < -0.39 is 0 Å². The second-order valence-corrected chi connectivity index (χ2v) is 5.99. The molecule has 2 rings (SSSR count). The van der Waals surface area contributed by atoms with E-state index in [4.69, 9.17) is 11.6 Å². The van der Waals surface area contributed by atoms with Gasteiger partial charge in [-0.25, -0.2) is 9.97 Å². The lowest BCUT2D eigenvalue weighted by atomic mass is 10.2. The number of hydrogen-bond acceptors (Lipinski definition) is 4. The van der Waals surface area contributed by atoms with Crippen molar-refractivity contribution in [2.45, 2.75) is 25.9 Å². The molecule has 0 spiro atoms. The van der Waals surface area contributed by atoms with Crippen LogP contribution in [0.2, 0.25) is 5.15 Å². The van der Waals surface area contributed by atoms with E-state index in [1.165, 1.54) is 10.4 Å². The van der Waals surface area contributed by atoms with Crippen LogP contribution in [-0.2, 0) is 0 Å². The van der Waals surface area contributed by atoms with E-state index in [1.807, 2.05) is 0 Å². The zero-order chi connectivity index (χ0) is 11.0.